The van der Waals surface area contributed by atoms with Gasteiger partial charge >= 0.3 is 0 Å². The van der Waals surface area contributed by atoms with Crippen LogP contribution in [0, 0.1) is 0 Å². The van der Waals surface area contributed by atoms with Crippen molar-refractivity contribution in [1.29, 1.82) is 0 Å². The highest BCUT2D eigenvalue weighted by molar-refractivity contribution is 5.36. The van der Waals surface area contributed by atoms with Gasteiger partial charge in [-0.3, -0.25) is 9.59 Å². The van der Waals surface area contributed by atoms with Gasteiger partial charge in [-0.2, -0.15) is 0 Å². The van der Waals surface area contributed by atoms with E-state index in [1.165, 1.54) is 0 Å². The van der Waals surface area contributed by atoms with Crippen LogP contribution < -0.4 is 5.73 Å². The van der Waals surface area contributed by atoms with Crippen molar-refractivity contribution in [3.63, 3.8) is 0 Å². The fraction of sp³-hybridized carbons (Fsp3) is 0.778. The molecule has 1 unspecified atom stereocenters. The van der Waals surface area contributed by atoms with Gasteiger partial charge in [0, 0.05) is 6.42 Å². The zero-order valence-corrected chi connectivity index (χ0v) is 9.00. The van der Waals surface area contributed by atoms with Crippen LogP contribution >= 0.6 is 0 Å². The number of hydrogen-bond acceptors (Lipinski definition) is 7. The van der Waals surface area contributed by atoms with Crippen molar-refractivity contribution in [2.45, 2.75) is 12.6 Å². The minimum atomic E-state index is -0.456. The van der Waals surface area contributed by atoms with Crippen molar-refractivity contribution in [2.75, 3.05) is 33.0 Å². The molecule has 0 rings (SSSR count). The summed E-state index contributed by atoms with van der Waals surface area (Å²) in [7, 11) is 0. The number of carbonyl (C=O) groups excluding carboxylic acids is 2. The average molecular weight is 235 g/mol. The molecule has 0 bridgehead atoms. The highest BCUT2D eigenvalue weighted by Gasteiger charge is 2.02. The van der Waals surface area contributed by atoms with Crippen LogP contribution in [-0.4, -0.2) is 52.2 Å². The van der Waals surface area contributed by atoms with E-state index in [9.17, 15) is 9.59 Å². The van der Waals surface area contributed by atoms with E-state index in [2.05, 4.69) is 9.47 Å². The van der Waals surface area contributed by atoms with Crippen LogP contribution in [0.25, 0.3) is 0 Å². The lowest BCUT2D eigenvalue weighted by Crippen LogP contribution is -2.27. The fourth-order valence-corrected chi connectivity index (χ4v) is 0.836. The molecule has 1 atom stereocenters. The third kappa shape index (κ3) is 10.9. The molecule has 0 heterocycles. The number of hydrogen-bond donors (Lipinski definition) is 1. The highest BCUT2D eigenvalue weighted by Crippen LogP contribution is 1.92. The largest absolute Gasteiger partial charge is 0.465 e. The molecule has 2 N–H and O–H groups in total. The third-order valence-electron chi connectivity index (χ3n) is 1.56. The standard InChI is InChI=1S/C9H17NO6/c10-9(16-6-5-15-8-12)1-2-13-3-4-14-7-11/h7-9H,1-6,10H2. The van der Waals surface area contributed by atoms with E-state index in [1.807, 2.05) is 0 Å². The van der Waals surface area contributed by atoms with Crippen LogP contribution in [0.4, 0.5) is 0 Å². The quantitative estimate of drug-likeness (QED) is 0.264. The van der Waals surface area contributed by atoms with Gasteiger partial charge < -0.3 is 24.7 Å². The van der Waals surface area contributed by atoms with Crippen molar-refractivity contribution in [1.82, 2.24) is 0 Å². The molecule has 0 aliphatic carbocycles. The Morgan fingerprint density at radius 1 is 0.938 bits per heavy atom. The summed E-state index contributed by atoms with van der Waals surface area (Å²) in [5, 5.41) is 0. The molecule has 0 aromatic carbocycles. The van der Waals surface area contributed by atoms with Crippen LogP contribution in [0.15, 0.2) is 0 Å². The van der Waals surface area contributed by atoms with Crippen molar-refractivity contribution >= 4 is 12.9 Å². The zero-order valence-electron chi connectivity index (χ0n) is 9.00. The second-order valence-electron chi connectivity index (χ2n) is 2.74. The van der Waals surface area contributed by atoms with E-state index in [4.69, 9.17) is 15.2 Å². The van der Waals surface area contributed by atoms with Crippen LogP contribution in [0.5, 0.6) is 0 Å². The zero-order chi connectivity index (χ0) is 12.1. The number of rotatable bonds is 12. The first-order valence-corrected chi connectivity index (χ1v) is 4.86. The van der Waals surface area contributed by atoms with E-state index >= 15 is 0 Å². The van der Waals surface area contributed by atoms with Crippen LogP contribution in [0.3, 0.4) is 0 Å². The number of nitrogens with two attached hydrogens (primary N) is 1. The highest BCUT2D eigenvalue weighted by atomic mass is 16.6. The fourth-order valence-electron chi connectivity index (χ4n) is 0.836. The molecule has 0 saturated heterocycles. The molecule has 0 aromatic heterocycles. The lowest BCUT2D eigenvalue weighted by Gasteiger charge is -2.12. The predicted octanol–water partition coefficient (Wildman–Crippen LogP) is -0.959. The van der Waals surface area contributed by atoms with Crippen molar-refractivity contribution < 1.29 is 28.5 Å². The molecule has 94 valence electrons. The van der Waals surface area contributed by atoms with Crippen molar-refractivity contribution in [3.05, 3.63) is 0 Å². The second-order valence-corrected chi connectivity index (χ2v) is 2.74. The lowest BCUT2D eigenvalue weighted by molar-refractivity contribution is -0.131. The van der Waals surface area contributed by atoms with Crippen LogP contribution in [0.2, 0.25) is 0 Å². The summed E-state index contributed by atoms with van der Waals surface area (Å²) in [5.41, 5.74) is 5.56. The van der Waals surface area contributed by atoms with Gasteiger partial charge in [-0.05, 0) is 0 Å². The van der Waals surface area contributed by atoms with E-state index in [0.29, 0.717) is 32.6 Å². The molecule has 0 saturated carbocycles. The van der Waals surface area contributed by atoms with Gasteiger partial charge in [-0.25, -0.2) is 0 Å². The molecule has 0 aliphatic rings. The molecule has 0 fully saturated rings. The van der Waals surface area contributed by atoms with Crippen molar-refractivity contribution in [3.8, 4) is 0 Å². The normalized spacial score (nSPS) is 11.8. The van der Waals surface area contributed by atoms with Gasteiger partial charge in [-0.15, -0.1) is 0 Å². The van der Waals surface area contributed by atoms with Gasteiger partial charge in [0.15, 0.2) is 0 Å². The first-order chi connectivity index (χ1) is 7.81. The number of carbonyl (C=O) groups is 2. The molecule has 7 nitrogen and oxygen atoms in total. The van der Waals surface area contributed by atoms with E-state index < -0.39 is 6.23 Å². The van der Waals surface area contributed by atoms with Crippen LogP contribution in [0.1, 0.15) is 6.42 Å². The monoisotopic (exact) mass is 235 g/mol. The molecule has 0 aromatic rings. The van der Waals surface area contributed by atoms with Gasteiger partial charge in [0.2, 0.25) is 0 Å². The Morgan fingerprint density at radius 2 is 1.56 bits per heavy atom. The molecule has 16 heavy (non-hydrogen) atoms. The summed E-state index contributed by atoms with van der Waals surface area (Å²) in [5.74, 6) is 0. The van der Waals surface area contributed by atoms with E-state index in [1.54, 1.807) is 0 Å². The smallest absolute Gasteiger partial charge is 0.293 e. The Kier molecular flexibility index (Phi) is 11.0. The van der Waals surface area contributed by atoms with Gasteiger partial charge in [0.25, 0.3) is 12.9 Å². The Morgan fingerprint density at radius 3 is 2.19 bits per heavy atom. The summed E-state index contributed by atoms with van der Waals surface area (Å²) in [6.45, 7) is 2.14. The first-order valence-electron chi connectivity index (χ1n) is 4.86. The summed E-state index contributed by atoms with van der Waals surface area (Å²) in [6, 6.07) is 0. The van der Waals surface area contributed by atoms with E-state index in [-0.39, 0.29) is 19.8 Å². The molecule has 0 aliphatic heterocycles. The Bertz CT molecular complexity index is 177. The maximum Gasteiger partial charge on any atom is 0.293 e. The lowest BCUT2D eigenvalue weighted by atomic mass is 10.4. The topological polar surface area (TPSA) is 97.1 Å². The molecule has 0 amide bonds. The summed E-state index contributed by atoms with van der Waals surface area (Å²) < 4.78 is 19.0. The van der Waals surface area contributed by atoms with Crippen molar-refractivity contribution in [2.24, 2.45) is 5.73 Å². The average Bonchev–Trinajstić information content (AvgIpc) is 2.29. The first kappa shape index (κ1) is 14.8. The maximum absolute atomic E-state index is 9.78. The summed E-state index contributed by atoms with van der Waals surface area (Å²) in [4.78, 5) is 19.5. The minimum Gasteiger partial charge on any atom is -0.465 e. The minimum absolute atomic E-state index is 0.186. The van der Waals surface area contributed by atoms with Gasteiger partial charge in [-0.1, -0.05) is 0 Å². The Balaban J connectivity index is 3.13. The molecule has 0 spiro atoms. The van der Waals surface area contributed by atoms with E-state index in [0.717, 1.165) is 0 Å². The molecule has 7 heteroatoms. The summed E-state index contributed by atoms with van der Waals surface area (Å²) in [6.07, 6.45) is 0.0598. The predicted molar refractivity (Wildman–Crippen MR) is 53.4 cm³/mol. The SMILES string of the molecule is NC(CCOCCOC=O)OCCOC=O. The van der Waals surface area contributed by atoms with Crippen LogP contribution in [-0.2, 0) is 28.5 Å². The van der Waals surface area contributed by atoms with Gasteiger partial charge in [0.1, 0.15) is 19.4 Å². The Hall–Kier alpha value is -1.18. The molecular formula is C9H17NO6. The number of ether oxygens (including phenoxy) is 4. The molecular weight excluding hydrogens is 218 g/mol. The van der Waals surface area contributed by atoms with Gasteiger partial charge in [0.05, 0.1) is 19.8 Å². The summed E-state index contributed by atoms with van der Waals surface area (Å²) >= 11 is 0. The third-order valence-corrected chi connectivity index (χ3v) is 1.56. The Labute approximate surface area is 93.8 Å². The maximum atomic E-state index is 9.78. The second kappa shape index (κ2) is 11.9. The molecule has 0 radical (unpaired) electrons.